The summed E-state index contributed by atoms with van der Waals surface area (Å²) in [5.74, 6) is 0.254. The maximum Gasteiger partial charge on any atom is 0.226 e. The van der Waals surface area contributed by atoms with Gasteiger partial charge in [0.2, 0.25) is 5.91 Å². The van der Waals surface area contributed by atoms with Crippen LogP contribution in [0.1, 0.15) is 39.0 Å². The minimum Gasteiger partial charge on any atom is -0.356 e. The minimum absolute atomic E-state index is 0.129. The average molecular weight is 278 g/mol. The number of aromatic nitrogens is 2. The van der Waals surface area contributed by atoms with Crippen molar-refractivity contribution in [3.8, 4) is 0 Å². The summed E-state index contributed by atoms with van der Waals surface area (Å²) in [7, 11) is 0. The molecule has 0 aromatic carbocycles. The van der Waals surface area contributed by atoms with E-state index in [1.165, 1.54) is 0 Å². The van der Waals surface area contributed by atoms with Crippen LogP contribution in [0.15, 0.2) is 18.7 Å². The van der Waals surface area contributed by atoms with E-state index >= 15 is 0 Å². The second kappa shape index (κ2) is 7.43. The van der Waals surface area contributed by atoms with Crippen molar-refractivity contribution in [3.63, 3.8) is 0 Å². The normalized spacial score (nSPS) is 17.9. The van der Waals surface area contributed by atoms with E-state index in [9.17, 15) is 4.79 Å². The molecule has 0 atom stereocenters. The number of hydrogen-bond acceptors (Lipinski definition) is 3. The van der Waals surface area contributed by atoms with Gasteiger partial charge in [-0.15, -0.1) is 0 Å². The first kappa shape index (κ1) is 15.0. The first-order chi connectivity index (χ1) is 9.77. The van der Waals surface area contributed by atoms with Crippen molar-refractivity contribution in [2.75, 3.05) is 19.6 Å². The zero-order chi connectivity index (χ0) is 14.3. The molecule has 1 amide bonds. The molecule has 1 aliphatic heterocycles. The maximum absolute atomic E-state index is 12.4. The lowest BCUT2D eigenvalue weighted by Crippen LogP contribution is -2.47. The van der Waals surface area contributed by atoms with Gasteiger partial charge in [-0.25, -0.2) is 4.98 Å². The Balaban J connectivity index is 1.66. The Labute approximate surface area is 121 Å². The highest BCUT2D eigenvalue weighted by molar-refractivity contribution is 5.82. The molecule has 5 nitrogen and oxygen atoms in total. The van der Waals surface area contributed by atoms with Crippen molar-refractivity contribution in [2.24, 2.45) is 5.41 Å². The van der Waals surface area contributed by atoms with E-state index in [-0.39, 0.29) is 11.3 Å². The number of piperidine rings is 1. The van der Waals surface area contributed by atoms with Crippen molar-refractivity contribution in [3.05, 3.63) is 18.7 Å². The fourth-order valence-corrected chi connectivity index (χ4v) is 2.87. The molecule has 0 aliphatic carbocycles. The van der Waals surface area contributed by atoms with Gasteiger partial charge in [-0.05, 0) is 45.2 Å². The third kappa shape index (κ3) is 3.82. The Morgan fingerprint density at radius 3 is 2.85 bits per heavy atom. The van der Waals surface area contributed by atoms with Crippen LogP contribution in [0.4, 0.5) is 0 Å². The standard InChI is InChI=1S/C15H26N4O/c1-2-15(5-8-16-9-6-15)14(20)18-7-3-4-11-19-12-10-17-13-19/h10,12-13,16H,2-9,11H2,1H3,(H,18,20). The first-order valence-electron chi connectivity index (χ1n) is 7.71. The molecule has 1 aromatic rings. The van der Waals surface area contributed by atoms with E-state index in [0.717, 1.165) is 58.3 Å². The first-order valence-corrected chi connectivity index (χ1v) is 7.71. The summed E-state index contributed by atoms with van der Waals surface area (Å²) >= 11 is 0. The van der Waals surface area contributed by atoms with Gasteiger partial charge in [-0.3, -0.25) is 4.79 Å². The Kier molecular flexibility index (Phi) is 5.59. The average Bonchev–Trinajstić information content (AvgIpc) is 3.00. The predicted molar refractivity (Wildman–Crippen MR) is 79.3 cm³/mol. The van der Waals surface area contributed by atoms with Crippen molar-refractivity contribution >= 4 is 5.91 Å². The van der Waals surface area contributed by atoms with Crippen molar-refractivity contribution in [1.29, 1.82) is 0 Å². The summed E-state index contributed by atoms with van der Waals surface area (Å²) in [6.45, 7) is 5.80. The highest BCUT2D eigenvalue weighted by Crippen LogP contribution is 2.32. The lowest BCUT2D eigenvalue weighted by molar-refractivity contribution is -0.132. The summed E-state index contributed by atoms with van der Waals surface area (Å²) < 4.78 is 2.07. The fraction of sp³-hybridized carbons (Fsp3) is 0.733. The number of carbonyl (C=O) groups excluding carboxylic acids is 1. The summed E-state index contributed by atoms with van der Waals surface area (Å²) in [6, 6.07) is 0. The Morgan fingerprint density at radius 1 is 1.40 bits per heavy atom. The number of amides is 1. The highest BCUT2D eigenvalue weighted by Gasteiger charge is 2.37. The SMILES string of the molecule is CCC1(C(=O)NCCCCn2ccnc2)CCNCC1. The van der Waals surface area contributed by atoms with Crippen LogP contribution in [0.25, 0.3) is 0 Å². The topological polar surface area (TPSA) is 59.0 Å². The van der Waals surface area contributed by atoms with E-state index in [1.807, 2.05) is 12.5 Å². The lowest BCUT2D eigenvalue weighted by Gasteiger charge is -2.35. The zero-order valence-corrected chi connectivity index (χ0v) is 12.4. The van der Waals surface area contributed by atoms with Crippen LogP contribution >= 0.6 is 0 Å². The number of carbonyl (C=O) groups is 1. The molecule has 0 bridgehead atoms. The van der Waals surface area contributed by atoms with Crippen LogP contribution in [0.5, 0.6) is 0 Å². The third-order valence-electron chi connectivity index (χ3n) is 4.41. The predicted octanol–water partition coefficient (Wildman–Crippen LogP) is 1.56. The molecule has 20 heavy (non-hydrogen) atoms. The number of rotatable bonds is 7. The molecule has 1 aromatic heterocycles. The molecule has 0 unspecified atom stereocenters. The number of hydrogen-bond donors (Lipinski definition) is 2. The van der Waals surface area contributed by atoms with E-state index in [0.29, 0.717) is 0 Å². The smallest absolute Gasteiger partial charge is 0.226 e. The largest absolute Gasteiger partial charge is 0.356 e. The molecule has 5 heteroatoms. The van der Waals surface area contributed by atoms with E-state index in [1.54, 1.807) is 6.20 Å². The van der Waals surface area contributed by atoms with Crippen LogP contribution in [0.2, 0.25) is 0 Å². The highest BCUT2D eigenvalue weighted by atomic mass is 16.2. The molecule has 0 spiro atoms. The van der Waals surface area contributed by atoms with Gasteiger partial charge in [0, 0.05) is 25.5 Å². The van der Waals surface area contributed by atoms with Crippen molar-refractivity contribution in [2.45, 2.75) is 45.6 Å². The number of nitrogens with one attached hydrogen (secondary N) is 2. The Bertz CT molecular complexity index is 396. The van der Waals surface area contributed by atoms with Gasteiger partial charge in [0.25, 0.3) is 0 Å². The molecular formula is C15H26N4O. The molecular weight excluding hydrogens is 252 g/mol. The number of aryl methyl sites for hydroxylation is 1. The number of imidazole rings is 1. The zero-order valence-electron chi connectivity index (χ0n) is 12.4. The second-order valence-electron chi connectivity index (χ2n) is 5.65. The molecule has 0 radical (unpaired) electrons. The van der Waals surface area contributed by atoms with Crippen LogP contribution in [0.3, 0.4) is 0 Å². The van der Waals surface area contributed by atoms with Gasteiger partial charge in [-0.1, -0.05) is 6.92 Å². The van der Waals surface area contributed by atoms with Gasteiger partial charge < -0.3 is 15.2 Å². The van der Waals surface area contributed by atoms with Crippen LogP contribution in [0, 0.1) is 5.41 Å². The summed E-state index contributed by atoms with van der Waals surface area (Å²) in [5, 5.41) is 6.46. The van der Waals surface area contributed by atoms with E-state index in [2.05, 4.69) is 27.1 Å². The van der Waals surface area contributed by atoms with Gasteiger partial charge in [0.05, 0.1) is 11.7 Å². The second-order valence-corrected chi connectivity index (χ2v) is 5.65. The third-order valence-corrected chi connectivity index (χ3v) is 4.41. The van der Waals surface area contributed by atoms with E-state index < -0.39 is 0 Å². The fourth-order valence-electron chi connectivity index (χ4n) is 2.87. The quantitative estimate of drug-likeness (QED) is 0.744. The van der Waals surface area contributed by atoms with Crippen molar-refractivity contribution < 1.29 is 4.79 Å². The Morgan fingerprint density at radius 2 is 2.20 bits per heavy atom. The maximum atomic E-state index is 12.4. The van der Waals surface area contributed by atoms with Gasteiger partial charge in [0.1, 0.15) is 0 Å². The molecule has 112 valence electrons. The van der Waals surface area contributed by atoms with Crippen molar-refractivity contribution in [1.82, 2.24) is 20.2 Å². The molecule has 2 rings (SSSR count). The monoisotopic (exact) mass is 278 g/mol. The number of unbranched alkanes of at least 4 members (excludes halogenated alkanes) is 1. The number of nitrogens with zero attached hydrogens (tertiary/aromatic N) is 2. The summed E-state index contributed by atoms with van der Waals surface area (Å²) in [4.78, 5) is 16.4. The van der Waals surface area contributed by atoms with Gasteiger partial charge in [-0.2, -0.15) is 0 Å². The minimum atomic E-state index is -0.129. The molecule has 2 heterocycles. The summed E-state index contributed by atoms with van der Waals surface area (Å²) in [6.07, 6.45) is 10.5. The van der Waals surface area contributed by atoms with Gasteiger partial charge in [0.15, 0.2) is 0 Å². The molecule has 1 saturated heterocycles. The molecule has 1 fully saturated rings. The molecule has 1 aliphatic rings. The van der Waals surface area contributed by atoms with Crippen LogP contribution in [-0.2, 0) is 11.3 Å². The van der Waals surface area contributed by atoms with Gasteiger partial charge >= 0.3 is 0 Å². The van der Waals surface area contributed by atoms with Crippen LogP contribution in [-0.4, -0.2) is 35.1 Å². The molecule has 2 N–H and O–H groups in total. The Hall–Kier alpha value is -1.36. The van der Waals surface area contributed by atoms with E-state index in [4.69, 9.17) is 0 Å². The van der Waals surface area contributed by atoms with Crippen LogP contribution < -0.4 is 10.6 Å². The molecule has 0 saturated carbocycles. The summed E-state index contributed by atoms with van der Waals surface area (Å²) in [5.41, 5.74) is -0.129. The lowest BCUT2D eigenvalue weighted by atomic mass is 9.76.